The predicted molar refractivity (Wildman–Crippen MR) is 300 cm³/mol. The van der Waals surface area contributed by atoms with Gasteiger partial charge in [0.15, 0.2) is 0 Å². The van der Waals surface area contributed by atoms with Crippen LogP contribution in [0, 0.1) is 0 Å². The molecule has 9 nitrogen and oxygen atoms in total. The van der Waals surface area contributed by atoms with E-state index in [1.807, 2.05) is 33.3 Å². The minimum atomic E-state index is -4.44. The number of hydrogen-bond acceptors (Lipinski definition) is 6. The molecular formula is C60H118N2O7P+. The van der Waals surface area contributed by atoms with Gasteiger partial charge in [-0.1, -0.05) is 251 Å². The second-order valence-electron chi connectivity index (χ2n) is 21.9. The van der Waals surface area contributed by atoms with Crippen LogP contribution in [0.3, 0.4) is 0 Å². The molecule has 2 N–H and O–H groups in total. The molecule has 0 rings (SSSR count). The summed E-state index contributed by atoms with van der Waals surface area (Å²) in [6, 6.07) is -0.842. The van der Waals surface area contributed by atoms with Crippen molar-refractivity contribution < 1.29 is 37.3 Å². The molecule has 0 heterocycles. The average molecular weight is 1010 g/mol. The number of rotatable bonds is 55. The molecule has 0 saturated carbocycles. The molecular weight excluding hydrogens is 892 g/mol. The van der Waals surface area contributed by atoms with Crippen molar-refractivity contribution in [1.82, 2.24) is 5.32 Å². The fourth-order valence-electron chi connectivity index (χ4n) is 8.94. The molecule has 0 radical (unpaired) electrons. The van der Waals surface area contributed by atoms with E-state index in [1.165, 1.54) is 205 Å². The number of carbonyl (C=O) groups excluding carboxylic acids is 2. The fraction of sp³-hybridized carbons (Fsp3) is 0.900. The second-order valence-corrected chi connectivity index (χ2v) is 23.3. The molecule has 0 bridgehead atoms. The van der Waals surface area contributed by atoms with Crippen LogP contribution in [0.15, 0.2) is 24.3 Å². The number of phosphoric acid groups is 1. The van der Waals surface area contributed by atoms with Crippen molar-refractivity contribution in [3.05, 3.63) is 24.3 Å². The van der Waals surface area contributed by atoms with Crippen LogP contribution in [-0.4, -0.2) is 74.3 Å². The normalized spacial score (nSPS) is 13.9. The van der Waals surface area contributed by atoms with Crippen molar-refractivity contribution in [2.75, 3.05) is 40.9 Å². The van der Waals surface area contributed by atoms with E-state index in [-0.39, 0.29) is 25.1 Å². The molecule has 10 heteroatoms. The van der Waals surface area contributed by atoms with Crippen LogP contribution in [0.5, 0.6) is 0 Å². The number of nitrogens with one attached hydrogen (secondary N) is 1. The number of esters is 1. The number of amides is 1. The van der Waals surface area contributed by atoms with Crippen molar-refractivity contribution >= 4 is 19.7 Å². The average Bonchev–Trinajstić information content (AvgIpc) is 3.32. The quantitative estimate of drug-likeness (QED) is 0.0205. The van der Waals surface area contributed by atoms with E-state index in [9.17, 15) is 19.0 Å². The van der Waals surface area contributed by atoms with Gasteiger partial charge in [0, 0.05) is 12.8 Å². The highest BCUT2D eigenvalue weighted by Gasteiger charge is 2.30. The maximum atomic E-state index is 13.5. The van der Waals surface area contributed by atoms with Gasteiger partial charge in [-0.15, -0.1) is 0 Å². The van der Waals surface area contributed by atoms with Crippen LogP contribution in [0.25, 0.3) is 0 Å². The monoisotopic (exact) mass is 1010 g/mol. The smallest absolute Gasteiger partial charge is 0.456 e. The molecule has 0 spiro atoms. The zero-order valence-electron chi connectivity index (χ0n) is 47.3. The van der Waals surface area contributed by atoms with Gasteiger partial charge in [-0.25, -0.2) is 4.57 Å². The van der Waals surface area contributed by atoms with Gasteiger partial charge < -0.3 is 19.4 Å². The van der Waals surface area contributed by atoms with Gasteiger partial charge in [0.25, 0.3) is 0 Å². The Bertz CT molecular complexity index is 1250. The van der Waals surface area contributed by atoms with Gasteiger partial charge >= 0.3 is 13.8 Å². The Hall–Kier alpha value is -1.51. The van der Waals surface area contributed by atoms with Gasteiger partial charge in [0.2, 0.25) is 5.91 Å². The lowest BCUT2D eigenvalue weighted by atomic mass is 10.0. The van der Waals surface area contributed by atoms with Gasteiger partial charge in [-0.05, 0) is 57.4 Å². The van der Waals surface area contributed by atoms with Gasteiger partial charge in [-0.3, -0.25) is 18.6 Å². The van der Waals surface area contributed by atoms with E-state index in [0.29, 0.717) is 23.9 Å². The summed E-state index contributed by atoms with van der Waals surface area (Å²) in [7, 11) is 1.51. The standard InChI is InChI=1S/C60H117N2O7P/c1-7-10-13-16-19-22-25-27-29-30-31-32-33-34-37-40-43-46-49-52-59(63)61-57(56-68-70(65,66)67-55-54-62(4,5)6)58(51-48-45-42-39-36-24-21-18-15-12-9-3)69-60(64)53-50-47-44-41-38-35-28-26-23-20-17-14-11-8-2/h27,29,48,51,57-58H,7-26,28,30-47,49-50,52-56H2,1-6H3,(H-,61,63,65,66)/p+1/b29-27+,51-48-. The number of likely N-dealkylation sites (N-methyl/N-ethyl adjacent to an activating group) is 1. The van der Waals surface area contributed by atoms with Crippen LogP contribution in [0.1, 0.15) is 297 Å². The summed E-state index contributed by atoms with van der Waals surface area (Å²) in [6.45, 7) is 7.03. The van der Waals surface area contributed by atoms with E-state index in [4.69, 9.17) is 13.8 Å². The zero-order valence-corrected chi connectivity index (χ0v) is 48.2. The lowest BCUT2D eigenvalue weighted by Crippen LogP contribution is -2.47. The largest absolute Gasteiger partial charge is 0.472 e. The fourth-order valence-corrected chi connectivity index (χ4v) is 9.67. The molecule has 0 aromatic heterocycles. The van der Waals surface area contributed by atoms with Gasteiger partial charge in [-0.2, -0.15) is 0 Å². The number of nitrogens with zero attached hydrogens (tertiary/aromatic N) is 1. The molecule has 0 aliphatic carbocycles. The van der Waals surface area contributed by atoms with Crippen molar-refractivity contribution in [3.8, 4) is 0 Å². The Morgan fingerprint density at radius 2 is 0.829 bits per heavy atom. The summed E-state index contributed by atoms with van der Waals surface area (Å²) >= 11 is 0. The second kappa shape index (κ2) is 51.0. The highest BCUT2D eigenvalue weighted by molar-refractivity contribution is 7.47. The minimum absolute atomic E-state index is 0.0432. The van der Waals surface area contributed by atoms with Crippen LogP contribution in [0.2, 0.25) is 0 Å². The first-order valence-electron chi connectivity index (χ1n) is 30.2. The van der Waals surface area contributed by atoms with E-state index in [0.717, 1.165) is 57.8 Å². The highest BCUT2D eigenvalue weighted by Crippen LogP contribution is 2.43. The van der Waals surface area contributed by atoms with Gasteiger partial charge in [0.05, 0.1) is 33.8 Å². The Morgan fingerprint density at radius 3 is 1.21 bits per heavy atom. The predicted octanol–water partition coefficient (Wildman–Crippen LogP) is 18.2. The lowest BCUT2D eigenvalue weighted by molar-refractivity contribution is -0.870. The summed E-state index contributed by atoms with van der Waals surface area (Å²) in [6.07, 6.45) is 58.8. The number of ether oxygens (including phenoxy) is 1. The summed E-state index contributed by atoms with van der Waals surface area (Å²) in [5, 5.41) is 3.06. The first kappa shape index (κ1) is 68.5. The number of quaternary nitrogens is 1. The Kier molecular flexibility index (Phi) is 49.9. The van der Waals surface area contributed by atoms with Crippen LogP contribution < -0.4 is 5.32 Å². The van der Waals surface area contributed by atoms with E-state index >= 15 is 0 Å². The first-order valence-corrected chi connectivity index (χ1v) is 31.7. The lowest BCUT2D eigenvalue weighted by Gasteiger charge is -2.27. The highest BCUT2D eigenvalue weighted by atomic mass is 31.2. The molecule has 3 unspecified atom stereocenters. The summed E-state index contributed by atoms with van der Waals surface area (Å²) in [5.41, 5.74) is 0. The zero-order chi connectivity index (χ0) is 51.5. The topological polar surface area (TPSA) is 111 Å². The maximum absolute atomic E-state index is 13.5. The molecule has 0 aliphatic heterocycles. The van der Waals surface area contributed by atoms with Crippen LogP contribution in [-0.2, 0) is 27.9 Å². The minimum Gasteiger partial charge on any atom is -0.456 e. The molecule has 70 heavy (non-hydrogen) atoms. The molecule has 0 aromatic rings. The molecule has 0 fully saturated rings. The Labute approximate surface area is 434 Å². The third-order valence-electron chi connectivity index (χ3n) is 13.6. The number of carbonyl (C=O) groups is 2. The van der Waals surface area contributed by atoms with E-state index in [2.05, 4.69) is 38.2 Å². The summed E-state index contributed by atoms with van der Waals surface area (Å²) in [5.74, 6) is -0.494. The molecule has 1 amide bonds. The van der Waals surface area contributed by atoms with E-state index in [1.54, 1.807) is 0 Å². The molecule has 414 valence electrons. The SMILES string of the molecule is CCCCCCCC/C=C/CCCCCCCCCCCC(=O)NC(COP(=O)(O)OCC[N+](C)(C)C)C(/C=C\CCCCCCCCCCC)OC(=O)CCCCCCCCCCCCCCCC. The molecule has 3 atom stereocenters. The third-order valence-corrected chi connectivity index (χ3v) is 14.6. The van der Waals surface area contributed by atoms with Crippen molar-refractivity contribution in [2.45, 2.75) is 309 Å². The number of hydrogen-bond donors (Lipinski definition) is 2. The van der Waals surface area contributed by atoms with Gasteiger partial charge in [0.1, 0.15) is 19.3 Å². The molecule has 0 aromatic carbocycles. The van der Waals surface area contributed by atoms with Crippen LogP contribution in [0.4, 0.5) is 0 Å². The number of phosphoric ester groups is 1. The molecule has 0 saturated heterocycles. The van der Waals surface area contributed by atoms with Crippen molar-refractivity contribution in [2.24, 2.45) is 0 Å². The third kappa shape index (κ3) is 51.4. The summed E-state index contributed by atoms with van der Waals surface area (Å²) < 4.78 is 30.6. The number of allylic oxidation sites excluding steroid dienone is 3. The number of unbranched alkanes of at least 4 members (excludes halogenated alkanes) is 37. The molecule has 0 aliphatic rings. The summed E-state index contributed by atoms with van der Waals surface area (Å²) in [4.78, 5) is 37.6. The maximum Gasteiger partial charge on any atom is 0.472 e. The van der Waals surface area contributed by atoms with Crippen molar-refractivity contribution in [3.63, 3.8) is 0 Å². The van der Waals surface area contributed by atoms with Crippen LogP contribution >= 0.6 is 7.82 Å². The van der Waals surface area contributed by atoms with Crippen molar-refractivity contribution in [1.29, 1.82) is 0 Å². The first-order chi connectivity index (χ1) is 33.9. The Morgan fingerprint density at radius 1 is 0.486 bits per heavy atom. The Balaban J connectivity index is 5.21. The van der Waals surface area contributed by atoms with E-state index < -0.39 is 20.0 Å².